The van der Waals surface area contributed by atoms with Crippen LogP contribution in [0.1, 0.15) is 26.7 Å². The molecule has 2 unspecified atom stereocenters. The van der Waals surface area contributed by atoms with Crippen LogP contribution in [0.5, 0.6) is 0 Å². The van der Waals surface area contributed by atoms with E-state index in [4.69, 9.17) is 11.6 Å². The van der Waals surface area contributed by atoms with Gasteiger partial charge in [0, 0.05) is 35.9 Å². The van der Waals surface area contributed by atoms with Gasteiger partial charge in [-0.2, -0.15) is 0 Å². The molecule has 0 aliphatic carbocycles. The third kappa shape index (κ3) is 2.96. The molecule has 1 aromatic carbocycles. The molecule has 1 saturated heterocycles. The predicted octanol–water partition coefficient (Wildman–Crippen LogP) is 3.45. The molecule has 0 aromatic heterocycles. The Morgan fingerprint density at radius 3 is 2.72 bits per heavy atom. The van der Waals surface area contributed by atoms with Crippen molar-refractivity contribution in [1.29, 1.82) is 0 Å². The normalized spacial score (nSPS) is 24.3. The molecule has 4 heteroatoms. The number of anilines is 1. The van der Waals surface area contributed by atoms with Gasteiger partial charge in [-0.25, -0.2) is 4.39 Å². The monoisotopic (exact) mass is 270 g/mol. The zero-order chi connectivity index (χ0) is 13.1. The first-order valence-electron chi connectivity index (χ1n) is 6.60. The second-order valence-electron chi connectivity index (χ2n) is 4.86. The minimum Gasteiger partial charge on any atom is -0.366 e. The van der Waals surface area contributed by atoms with E-state index in [1.807, 2.05) is 6.07 Å². The minimum absolute atomic E-state index is 0.265. The Morgan fingerprint density at radius 2 is 2.11 bits per heavy atom. The highest BCUT2D eigenvalue weighted by molar-refractivity contribution is 6.30. The second-order valence-corrected chi connectivity index (χ2v) is 5.29. The van der Waals surface area contributed by atoms with Gasteiger partial charge in [-0.3, -0.25) is 0 Å². The van der Waals surface area contributed by atoms with Crippen molar-refractivity contribution in [2.75, 3.05) is 18.0 Å². The van der Waals surface area contributed by atoms with E-state index in [1.54, 1.807) is 6.07 Å². The van der Waals surface area contributed by atoms with Crippen molar-refractivity contribution in [2.24, 2.45) is 0 Å². The molecule has 2 rings (SSSR count). The lowest BCUT2D eigenvalue weighted by molar-refractivity contribution is 0.378. The fourth-order valence-electron chi connectivity index (χ4n) is 2.52. The summed E-state index contributed by atoms with van der Waals surface area (Å²) >= 11 is 5.95. The summed E-state index contributed by atoms with van der Waals surface area (Å²) < 4.78 is 13.5. The summed E-state index contributed by atoms with van der Waals surface area (Å²) in [6.07, 6.45) is 2.12. The van der Waals surface area contributed by atoms with Crippen molar-refractivity contribution in [3.63, 3.8) is 0 Å². The fraction of sp³-hybridized carbons (Fsp3) is 0.571. The highest BCUT2D eigenvalue weighted by atomic mass is 35.5. The maximum absolute atomic E-state index is 13.5. The molecule has 0 saturated carbocycles. The molecule has 1 aliphatic heterocycles. The Bertz CT molecular complexity index is 391. The van der Waals surface area contributed by atoms with E-state index in [0.717, 1.165) is 31.6 Å². The lowest BCUT2D eigenvalue weighted by Crippen LogP contribution is -2.56. The summed E-state index contributed by atoms with van der Waals surface area (Å²) in [4.78, 5) is 2.28. The summed E-state index contributed by atoms with van der Waals surface area (Å²) in [5.41, 5.74) is 0.895. The first-order valence-corrected chi connectivity index (χ1v) is 6.98. The molecular weight excluding hydrogens is 251 g/mol. The van der Waals surface area contributed by atoms with Gasteiger partial charge >= 0.3 is 0 Å². The molecule has 0 amide bonds. The summed E-state index contributed by atoms with van der Waals surface area (Å²) in [6.45, 7) is 6.19. The molecular formula is C14H20ClFN2. The smallest absolute Gasteiger partial charge is 0.126 e. The van der Waals surface area contributed by atoms with Crippen LogP contribution >= 0.6 is 11.6 Å². The number of piperazine rings is 1. The standard InChI is InChI=1S/C14H20ClFN2/c1-3-12-9-18(13(4-2)8-17-12)14-6-10(15)5-11(16)7-14/h5-7,12-13,17H,3-4,8-9H2,1-2H3. The van der Waals surface area contributed by atoms with Gasteiger partial charge in [-0.15, -0.1) is 0 Å². The van der Waals surface area contributed by atoms with Crippen LogP contribution in [0.3, 0.4) is 0 Å². The number of nitrogens with zero attached hydrogens (tertiary/aromatic N) is 1. The van der Waals surface area contributed by atoms with Gasteiger partial charge in [0.15, 0.2) is 0 Å². The molecule has 1 heterocycles. The van der Waals surface area contributed by atoms with Gasteiger partial charge < -0.3 is 10.2 Å². The van der Waals surface area contributed by atoms with Crippen molar-refractivity contribution < 1.29 is 4.39 Å². The average Bonchev–Trinajstić information content (AvgIpc) is 2.36. The molecule has 1 fully saturated rings. The zero-order valence-corrected chi connectivity index (χ0v) is 11.7. The number of rotatable bonds is 3. The summed E-state index contributed by atoms with van der Waals surface area (Å²) in [7, 11) is 0. The fourth-order valence-corrected chi connectivity index (χ4v) is 2.74. The third-order valence-corrected chi connectivity index (χ3v) is 3.86. The maximum Gasteiger partial charge on any atom is 0.126 e. The summed E-state index contributed by atoms with van der Waals surface area (Å²) in [5.74, 6) is -0.265. The van der Waals surface area contributed by atoms with Gasteiger partial charge in [-0.1, -0.05) is 25.4 Å². The average molecular weight is 271 g/mol. The number of benzene rings is 1. The Balaban J connectivity index is 2.26. The number of hydrogen-bond donors (Lipinski definition) is 1. The van der Waals surface area contributed by atoms with Crippen LogP contribution in [0, 0.1) is 5.82 Å². The predicted molar refractivity (Wildman–Crippen MR) is 74.9 cm³/mol. The molecule has 0 spiro atoms. The Kier molecular flexibility index (Phi) is 4.46. The van der Waals surface area contributed by atoms with Crippen molar-refractivity contribution >= 4 is 17.3 Å². The molecule has 0 bridgehead atoms. The van der Waals surface area contributed by atoms with E-state index in [9.17, 15) is 4.39 Å². The van der Waals surface area contributed by atoms with Crippen LogP contribution in [0.4, 0.5) is 10.1 Å². The van der Waals surface area contributed by atoms with E-state index in [-0.39, 0.29) is 5.82 Å². The SMILES string of the molecule is CCC1CN(c2cc(F)cc(Cl)c2)C(CC)CN1. The zero-order valence-electron chi connectivity index (χ0n) is 10.9. The van der Waals surface area contributed by atoms with Crippen LogP contribution in [0.25, 0.3) is 0 Å². The van der Waals surface area contributed by atoms with Crippen LogP contribution < -0.4 is 10.2 Å². The lowest BCUT2D eigenvalue weighted by atomic mass is 10.0. The van der Waals surface area contributed by atoms with E-state index in [2.05, 4.69) is 24.1 Å². The third-order valence-electron chi connectivity index (χ3n) is 3.64. The highest BCUT2D eigenvalue weighted by Gasteiger charge is 2.26. The van der Waals surface area contributed by atoms with Crippen LogP contribution in [0.2, 0.25) is 5.02 Å². The summed E-state index contributed by atoms with van der Waals surface area (Å²) in [5, 5.41) is 3.99. The van der Waals surface area contributed by atoms with Gasteiger partial charge in [0.2, 0.25) is 0 Å². The Hall–Kier alpha value is -0.800. The molecule has 18 heavy (non-hydrogen) atoms. The molecule has 1 aromatic rings. The topological polar surface area (TPSA) is 15.3 Å². The summed E-state index contributed by atoms with van der Waals surface area (Å²) in [6, 6.07) is 5.66. The largest absolute Gasteiger partial charge is 0.366 e. The Morgan fingerprint density at radius 1 is 1.33 bits per heavy atom. The van der Waals surface area contributed by atoms with Gasteiger partial charge in [0.05, 0.1) is 0 Å². The number of hydrogen-bond acceptors (Lipinski definition) is 2. The van der Waals surface area contributed by atoms with Crippen molar-refractivity contribution in [1.82, 2.24) is 5.32 Å². The second kappa shape index (κ2) is 5.89. The van der Waals surface area contributed by atoms with Crippen LogP contribution in [0.15, 0.2) is 18.2 Å². The molecule has 0 radical (unpaired) electrons. The van der Waals surface area contributed by atoms with Gasteiger partial charge in [0.1, 0.15) is 5.82 Å². The van der Waals surface area contributed by atoms with Gasteiger partial charge in [-0.05, 0) is 31.0 Å². The molecule has 2 atom stereocenters. The molecule has 1 N–H and O–H groups in total. The quantitative estimate of drug-likeness (QED) is 0.905. The minimum atomic E-state index is -0.265. The maximum atomic E-state index is 13.5. The van der Waals surface area contributed by atoms with Gasteiger partial charge in [0.25, 0.3) is 0 Å². The van der Waals surface area contributed by atoms with E-state index < -0.39 is 0 Å². The van der Waals surface area contributed by atoms with E-state index >= 15 is 0 Å². The van der Waals surface area contributed by atoms with Crippen LogP contribution in [-0.4, -0.2) is 25.2 Å². The molecule has 1 aliphatic rings. The van der Waals surface area contributed by atoms with E-state index in [0.29, 0.717) is 17.1 Å². The van der Waals surface area contributed by atoms with Crippen molar-refractivity contribution in [3.8, 4) is 0 Å². The van der Waals surface area contributed by atoms with Crippen molar-refractivity contribution in [2.45, 2.75) is 38.8 Å². The first kappa shape index (κ1) is 13.6. The molecule has 100 valence electrons. The number of halogens is 2. The van der Waals surface area contributed by atoms with Crippen molar-refractivity contribution in [3.05, 3.63) is 29.0 Å². The van der Waals surface area contributed by atoms with E-state index in [1.165, 1.54) is 6.07 Å². The lowest BCUT2D eigenvalue weighted by Gasteiger charge is -2.41. The van der Waals surface area contributed by atoms with Crippen LogP contribution in [-0.2, 0) is 0 Å². The Labute approximate surface area is 113 Å². The number of nitrogens with one attached hydrogen (secondary N) is 1. The first-order chi connectivity index (χ1) is 8.63. The highest BCUT2D eigenvalue weighted by Crippen LogP contribution is 2.26. The molecule has 2 nitrogen and oxygen atoms in total.